The number of hydrogen-bond acceptors (Lipinski definition) is 3. The van der Waals surface area contributed by atoms with E-state index in [0.717, 1.165) is 30.5 Å². The Labute approximate surface area is 101 Å². The topological polar surface area (TPSA) is 49.3 Å². The van der Waals surface area contributed by atoms with Crippen LogP contribution in [0.15, 0.2) is 36.0 Å². The number of rotatable bonds is 2. The Morgan fingerprint density at radius 3 is 3.06 bits per heavy atom. The molecule has 90 valence electrons. The lowest BCUT2D eigenvalue weighted by atomic mass is 9.86. The highest BCUT2D eigenvalue weighted by Gasteiger charge is 2.22. The summed E-state index contributed by atoms with van der Waals surface area (Å²) >= 11 is 0. The molecule has 0 aromatic heterocycles. The molecule has 0 radical (unpaired) electrons. The van der Waals surface area contributed by atoms with Crippen molar-refractivity contribution in [3.63, 3.8) is 0 Å². The molecule has 1 saturated carbocycles. The van der Waals surface area contributed by atoms with Crippen molar-refractivity contribution in [1.29, 1.82) is 0 Å². The maximum Gasteiger partial charge on any atom is 0.163 e. The normalized spacial score (nSPS) is 22.8. The first-order valence-corrected chi connectivity index (χ1v) is 5.95. The first-order chi connectivity index (χ1) is 8.16. The summed E-state index contributed by atoms with van der Waals surface area (Å²) in [6.07, 6.45) is 4.67. The SMILES string of the molecule is CC1CCCC(=CNc2cccc(O)c2)C1=O. The second kappa shape index (κ2) is 5.04. The summed E-state index contributed by atoms with van der Waals surface area (Å²) in [5.74, 6) is 0.599. The van der Waals surface area contributed by atoms with E-state index in [1.54, 1.807) is 24.4 Å². The monoisotopic (exact) mass is 231 g/mol. The highest BCUT2D eigenvalue weighted by atomic mass is 16.3. The van der Waals surface area contributed by atoms with Gasteiger partial charge in [0.2, 0.25) is 0 Å². The Kier molecular flexibility index (Phi) is 3.47. The molecule has 17 heavy (non-hydrogen) atoms. The predicted molar refractivity (Wildman–Crippen MR) is 67.8 cm³/mol. The molecule has 1 aromatic carbocycles. The van der Waals surface area contributed by atoms with E-state index in [2.05, 4.69) is 5.32 Å². The molecule has 3 nitrogen and oxygen atoms in total. The number of Topliss-reactive ketones (excluding diaryl/α,β-unsaturated/α-hetero) is 1. The smallest absolute Gasteiger partial charge is 0.163 e. The molecule has 1 aromatic rings. The van der Waals surface area contributed by atoms with E-state index < -0.39 is 0 Å². The van der Waals surface area contributed by atoms with Gasteiger partial charge in [0, 0.05) is 29.4 Å². The predicted octanol–water partition coefficient (Wildman–Crippen LogP) is 3.08. The molecule has 0 aliphatic heterocycles. The van der Waals surface area contributed by atoms with Gasteiger partial charge in [-0.1, -0.05) is 13.0 Å². The van der Waals surface area contributed by atoms with Gasteiger partial charge in [-0.2, -0.15) is 0 Å². The lowest BCUT2D eigenvalue weighted by Crippen LogP contribution is -2.19. The Bertz CT molecular complexity index is 451. The van der Waals surface area contributed by atoms with Crippen LogP contribution >= 0.6 is 0 Å². The van der Waals surface area contributed by atoms with Crippen molar-refractivity contribution in [2.24, 2.45) is 5.92 Å². The van der Waals surface area contributed by atoms with E-state index in [1.807, 2.05) is 13.0 Å². The number of hydrogen-bond donors (Lipinski definition) is 2. The minimum absolute atomic E-state index is 0.140. The lowest BCUT2D eigenvalue weighted by molar-refractivity contribution is -0.119. The van der Waals surface area contributed by atoms with Crippen molar-refractivity contribution in [2.45, 2.75) is 26.2 Å². The number of nitrogens with one attached hydrogen (secondary N) is 1. The molecule has 1 aliphatic carbocycles. The third-order valence-corrected chi connectivity index (χ3v) is 3.11. The van der Waals surface area contributed by atoms with Gasteiger partial charge in [-0.25, -0.2) is 0 Å². The lowest BCUT2D eigenvalue weighted by Gasteiger charge is -2.19. The molecule has 3 heteroatoms. The second-order valence-electron chi connectivity index (χ2n) is 4.52. The molecular formula is C14H17NO2. The van der Waals surface area contributed by atoms with Crippen LogP contribution in [-0.4, -0.2) is 10.9 Å². The van der Waals surface area contributed by atoms with Crippen LogP contribution in [0.1, 0.15) is 26.2 Å². The number of benzene rings is 1. The van der Waals surface area contributed by atoms with Crippen LogP contribution in [0.25, 0.3) is 0 Å². The molecule has 1 atom stereocenters. The summed E-state index contributed by atoms with van der Waals surface area (Å²) in [4.78, 5) is 11.9. The van der Waals surface area contributed by atoms with Crippen LogP contribution in [-0.2, 0) is 4.79 Å². The molecule has 1 aliphatic rings. The number of phenols is 1. The fraction of sp³-hybridized carbons (Fsp3) is 0.357. The van der Waals surface area contributed by atoms with E-state index in [4.69, 9.17) is 0 Å². The van der Waals surface area contributed by atoms with Gasteiger partial charge in [-0.05, 0) is 31.4 Å². The van der Waals surface area contributed by atoms with Gasteiger partial charge in [0.1, 0.15) is 5.75 Å². The van der Waals surface area contributed by atoms with Gasteiger partial charge >= 0.3 is 0 Å². The summed E-state index contributed by atoms with van der Waals surface area (Å²) in [7, 11) is 0. The molecule has 0 spiro atoms. The Morgan fingerprint density at radius 2 is 2.29 bits per heavy atom. The Hall–Kier alpha value is -1.77. The maximum atomic E-state index is 11.9. The van der Waals surface area contributed by atoms with Crippen molar-refractivity contribution < 1.29 is 9.90 Å². The van der Waals surface area contributed by atoms with Gasteiger partial charge in [0.15, 0.2) is 5.78 Å². The van der Waals surface area contributed by atoms with Gasteiger partial charge in [-0.15, -0.1) is 0 Å². The highest BCUT2D eigenvalue weighted by Crippen LogP contribution is 2.25. The first-order valence-electron chi connectivity index (χ1n) is 5.95. The zero-order valence-corrected chi connectivity index (χ0v) is 9.94. The van der Waals surface area contributed by atoms with Crippen LogP contribution in [0.3, 0.4) is 0 Å². The van der Waals surface area contributed by atoms with Gasteiger partial charge in [-0.3, -0.25) is 4.79 Å². The van der Waals surface area contributed by atoms with Crippen LogP contribution in [0.2, 0.25) is 0 Å². The number of carbonyl (C=O) groups is 1. The quantitative estimate of drug-likeness (QED) is 0.769. The summed E-state index contributed by atoms with van der Waals surface area (Å²) in [5.41, 5.74) is 1.65. The number of allylic oxidation sites excluding steroid dienone is 1. The third-order valence-electron chi connectivity index (χ3n) is 3.11. The number of phenolic OH excluding ortho intramolecular Hbond substituents is 1. The maximum absolute atomic E-state index is 11.9. The molecule has 1 fully saturated rings. The van der Waals surface area contributed by atoms with Crippen LogP contribution < -0.4 is 5.32 Å². The van der Waals surface area contributed by atoms with E-state index in [1.165, 1.54) is 0 Å². The summed E-state index contributed by atoms with van der Waals surface area (Å²) in [6.45, 7) is 1.98. The van der Waals surface area contributed by atoms with Crippen molar-refractivity contribution in [3.05, 3.63) is 36.0 Å². The summed E-state index contributed by atoms with van der Waals surface area (Å²) < 4.78 is 0. The molecule has 0 saturated heterocycles. The number of carbonyl (C=O) groups excluding carboxylic acids is 1. The molecular weight excluding hydrogens is 214 g/mol. The standard InChI is InChI=1S/C14H17NO2/c1-10-4-2-5-11(14(10)17)9-15-12-6-3-7-13(16)8-12/h3,6-10,15-16H,2,4-5H2,1H3. The highest BCUT2D eigenvalue weighted by molar-refractivity contribution is 5.97. The van der Waals surface area contributed by atoms with Crippen molar-refractivity contribution in [2.75, 3.05) is 5.32 Å². The fourth-order valence-corrected chi connectivity index (χ4v) is 2.08. The van der Waals surface area contributed by atoms with Crippen LogP contribution in [0.5, 0.6) is 5.75 Å². The second-order valence-corrected chi connectivity index (χ2v) is 4.52. The number of anilines is 1. The zero-order chi connectivity index (χ0) is 12.3. The molecule has 1 unspecified atom stereocenters. The third kappa shape index (κ3) is 2.87. The summed E-state index contributed by atoms with van der Waals surface area (Å²) in [5, 5.41) is 12.4. The molecule has 2 rings (SSSR count). The van der Waals surface area contributed by atoms with E-state index in [9.17, 15) is 9.90 Å². The van der Waals surface area contributed by atoms with Crippen molar-refractivity contribution in [1.82, 2.24) is 0 Å². The Morgan fingerprint density at radius 1 is 1.47 bits per heavy atom. The summed E-state index contributed by atoms with van der Waals surface area (Å²) in [6, 6.07) is 6.87. The van der Waals surface area contributed by atoms with Gasteiger partial charge < -0.3 is 10.4 Å². The average Bonchev–Trinajstić information content (AvgIpc) is 2.31. The zero-order valence-electron chi connectivity index (χ0n) is 9.94. The van der Waals surface area contributed by atoms with E-state index in [0.29, 0.717) is 0 Å². The van der Waals surface area contributed by atoms with Crippen molar-refractivity contribution in [3.8, 4) is 5.75 Å². The number of ketones is 1. The van der Waals surface area contributed by atoms with Crippen molar-refractivity contribution >= 4 is 11.5 Å². The van der Waals surface area contributed by atoms with E-state index >= 15 is 0 Å². The number of aromatic hydroxyl groups is 1. The average molecular weight is 231 g/mol. The van der Waals surface area contributed by atoms with E-state index in [-0.39, 0.29) is 17.5 Å². The van der Waals surface area contributed by atoms with Crippen LogP contribution in [0.4, 0.5) is 5.69 Å². The minimum Gasteiger partial charge on any atom is -0.508 e. The van der Waals surface area contributed by atoms with Gasteiger partial charge in [0.05, 0.1) is 0 Å². The van der Waals surface area contributed by atoms with Gasteiger partial charge in [0.25, 0.3) is 0 Å². The first kappa shape index (κ1) is 11.7. The largest absolute Gasteiger partial charge is 0.508 e. The fourth-order valence-electron chi connectivity index (χ4n) is 2.08. The molecule has 2 N–H and O–H groups in total. The molecule has 0 bridgehead atoms. The molecule has 0 heterocycles. The Balaban J connectivity index is 2.07. The van der Waals surface area contributed by atoms with Crippen LogP contribution in [0, 0.1) is 5.92 Å². The molecule has 0 amide bonds. The minimum atomic E-state index is 0.140.